The lowest BCUT2D eigenvalue weighted by Gasteiger charge is -2.18. The number of carbonyl (C=O) groups is 1. The van der Waals surface area contributed by atoms with Gasteiger partial charge in [-0.3, -0.25) is 4.79 Å². The smallest absolute Gasteiger partial charge is 0.227 e. The molecule has 1 atom stereocenters. The minimum Gasteiger partial charge on any atom is -0.497 e. The Balaban J connectivity index is 1.62. The topological polar surface area (TPSA) is 56.6 Å². The first-order valence-corrected chi connectivity index (χ1v) is 9.54. The Hall–Kier alpha value is -2.34. The van der Waals surface area contributed by atoms with Crippen molar-refractivity contribution in [3.63, 3.8) is 0 Å². The van der Waals surface area contributed by atoms with Crippen LogP contribution in [0.15, 0.2) is 30.5 Å². The van der Waals surface area contributed by atoms with Gasteiger partial charge in [-0.1, -0.05) is 12.1 Å². The second kappa shape index (κ2) is 9.04. The van der Waals surface area contributed by atoms with E-state index in [0.717, 1.165) is 56.2 Å². The van der Waals surface area contributed by atoms with E-state index in [1.165, 1.54) is 5.69 Å². The van der Waals surface area contributed by atoms with Gasteiger partial charge >= 0.3 is 0 Å². The third-order valence-electron chi connectivity index (χ3n) is 5.21. The third-order valence-corrected chi connectivity index (χ3v) is 5.21. The summed E-state index contributed by atoms with van der Waals surface area (Å²) in [5.74, 6) is 2.35. The summed E-state index contributed by atoms with van der Waals surface area (Å²) in [6.45, 7) is 5.26. The molecule has 6 nitrogen and oxygen atoms in total. The van der Waals surface area contributed by atoms with Crippen LogP contribution in [0.5, 0.6) is 5.75 Å². The molecule has 0 aliphatic carbocycles. The maximum Gasteiger partial charge on any atom is 0.227 e. The average Bonchev–Trinajstić information content (AvgIpc) is 3.29. The molecule has 0 spiro atoms. The summed E-state index contributed by atoms with van der Waals surface area (Å²) in [5.41, 5.74) is 2.15. The first-order valence-electron chi connectivity index (χ1n) is 9.54. The van der Waals surface area contributed by atoms with Crippen molar-refractivity contribution in [1.82, 2.24) is 14.5 Å². The van der Waals surface area contributed by atoms with Crippen molar-refractivity contribution >= 4 is 5.91 Å². The summed E-state index contributed by atoms with van der Waals surface area (Å²) in [6.07, 6.45) is 4.27. The first-order chi connectivity index (χ1) is 13.1. The van der Waals surface area contributed by atoms with E-state index in [1.54, 1.807) is 14.2 Å². The van der Waals surface area contributed by atoms with Gasteiger partial charge in [-0.2, -0.15) is 0 Å². The van der Waals surface area contributed by atoms with E-state index in [0.29, 0.717) is 12.3 Å². The Kier molecular flexibility index (Phi) is 6.50. The van der Waals surface area contributed by atoms with Crippen molar-refractivity contribution in [3.05, 3.63) is 47.5 Å². The molecule has 1 unspecified atom stereocenters. The van der Waals surface area contributed by atoms with Crippen LogP contribution in [-0.4, -0.2) is 54.3 Å². The van der Waals surface area contributed by atoms with E-state index in [2.05, 4.69) is 16.5 Å². The van der Waals surface area contributed by atoms with Crippen LogP contribution in [0.4, 0.5) is 0 Å². The molecule has 3 rings (SSSR count). The van der Waals surface area contributed by atoms with Crippen LogP contribution < -0.4 is 4.74 Å². The molecular weight excluding hydrogens is 342 g/mol. The SMILES string of the molecule is COCCCn1c(C)cnc1C1CCN(C(=O)Cc2cccc(OC)c2)C1. The van der Waals surface area contributed by atoms with Crippen molar-refractivity contribution in [2.45, 2.75) is 38.6 Å². The van der Waals surface area contributed by atoms with E-state index in [4.69, 9.17) is 9.47 Å². The van der Waals surface area contributed by atoms with E-state index in [-0.39, 0.29) is 5.91 Å². The monoisotopic (exact) mass is 371 g/mol. The number of nitrogens with zero attached hydrogens (tertiary/aromatic N) is 3. The predicted molar refractivity (Wildman–Crippen MR) is 104 cm³/mol. The molecule has 27 heavy (non-hydrogen) atoms. The molecule has 2 heterocycles. The fourth-order valence-electron chi connectivity index (χ4n) is 3.73. The van der Waals surface area contributed by atoms with Gasteiger partial charge in [0.25, 0.3) is 0 Å². The zero-order chi connectivity index (χ0) is 19.2. The van der Waals surface area contributed by atoms with Gasteiger partial charge in [0.05, 0.1) is 13.5 Å². The Morgan fingerprint density at radius 3 is 2.96 bits per heavy atom. The van der Waals surface area contributed by atoms with Crippen LogP contribution >= 0.6 is 0 Å². The van der Waals surface area contributed by atoms with Crippen molar-refractivity contribution < 1.29 is 14.3 Å². The highest BCUT2D eigenvalue weighted by Gasteiger charge is 2.30. The molecule has 1 aromatic heterocycles. The van der Waals surface area contributed by atoms with Crippen LogP contribution in [0, 0.1) is 6.92 Å². The number of imidazole rings is 1. The molecule has 0 radical (unpaired) electrons. The number of benzene rings is 1. The molecule has 1 saturated heterocycles. The van der Waals surface area contributed by atoms with Gasteiger partial charge in [0.1, 0.15) is 11.6 Å². The van der Waals surface area contributed by atoms with Crippen molar-refractivity contribution in [2.24, 2.45) is 0 Å². The molecule has 2 aromatic rings. The van der Waals surface area contributed by atoms with Gasteiger partial charge in [-0.05, 0) is 37.5 Å². The van der Waals surface area contributed by atoms with Gasteiger partial charge in [-0.25, -0.2) is 4.98 Å². The number of methoxy groups -OCH3 is 2. The maximum absolute atomic E-state index is 12.7. The van der Waals surface area contributed by atoms with Crippen molar-refractivity contribution in [3.8, 4) is 5.75 Å². The Bertz CT molecular complexity index is 772. The van der Waals surface area contributed by atoms with Crippen molar-refractivity contribution in [2.75, 3.05) is 33.9 Å². The lowest BCUT2D eigenvalue weighted by molar-refractivity contribution is -0.129. The average molecular weight is 371 g/mol. The molecule has 1 amide bonds. The fraction of sp³-hybridized carbons (Fsp3) is 0.524. The zero-order valence-electron chi connectivity index (χ0n) is 16.5. The molecule has 1 fully saturated rings. The van der Waals surface area contributed by atoms with Crippen LogP contribution in [0.2, 0.25) is 0 Å². The van der Waals surface area contributed by atoms with Gasteiger partial charge in [-0.15, -0.1) is 0 Å². The van der Waals surface area contributed by atoms with E-state index in [1.807, 2.05) is 35.4 Å². The van der Waals surface area contributed by atoms with Gasteiger partial charge in [0.15, 0.2) is 0 Å². The van der Waals surface area contributed by atoms with E-state index >= 15 is 0 Å². The second-order valence-corrected chi connectivity index (χ2v) is 7.11. The predicted octanol–water partition coefficient (Wildman–Crippen LogP) is 2.80. The summed E-state index contributed by atoms with van der Waals surface area (Å²) >= 11 is 0. The third kappa shape index (κ3) is 4.69. The first kappa shape index (κ1) is 19.4. The maximum atomic E-state index is 12.7. The Morgan fingerprint density at radius 2 is 2.19 bits per heavy atom. The number of hydrogen-bond donors (Lipinski definition) is 0. The molecule has 0 bridgehead atoms. The van der Waals surface area contributed by atoms with Crippen LogP contribution in [0.1, 0.15) is 35.8 Å². The number of hydrogen-bond acceptors (Lipinski definition) is 4. The molecule has 1 aliphatic heterocycles. The number of ether oxygens (including phenoxy) is 2. The van der Waals surface area contributed by atoms with Crippen molar-refractivity contribution in [1.29, 1.82) is 0 Å². The number of carbonyl (C=O) groups excluding carboxylic acids is 1. The molecule has 1 aliphatic rings. The normalized spacial score (nSPS) is 16.7. The largest absolute Gasteiger partial charge is 0.497 e. The summed E-state index contributed by atoms with van der Waals surface area (Å²) in [7, 11) is 3.37. The highest BCUT2D eigenvalue weighted by Crippen LogP contribution is 2.28. The fourth-order valence-corrected chi connectivity index (χ4v) is 3.73. The standard InChI is InChI=1S/C21H29N3O3/c1-16-14-22-21(24(16)9-5-11-26-2)18-8-10-23(15-18)20(25)13-17-6-4-7-19(12-17)27-3/h4,6-7,12,14,18H,5,8-11,13,15H2,1-3H3. The number of likely N-dealkylation sites (tertiary alicyclic amines) is 1. The summed E-state index contributed by atoms with van der Waals surface area (Å²) in [5, 5.41) is 0. The Morgan fingerprint density at radius 1 is 1.33 bits per heavy atom. The molecule has 6 heteroatoms. The quantitative estimate of drug-likeness (QED) is 0.670. The Labute approximate surface area is 161 Å². The lowest BCUT2D eigenvalue weighted by Crippen LogP contribution is -2.30. The molecule has 146 valence electrons. The number of aromatic nitrogens is 2. The van der Waals surface area contributed by atoms with Gasteiger partial charge in [0.2, 0.25) is 5.91 Å². The van der Waals surface area contributed by atoms with E-state index < -0.39 is 0 Å². The second-order valence-electron chi connectivity index (χ2n) is 7.11. The van der Waals surface area contributed by atoms with Crippen LogP contribution in [-0.2, 0) is 22.5 Å². The van der Waals surface area contributed by atoms with Gasteiger partial charge < -0.3 is 18.9 Å². The van der Waals surface area contributed by atoms with Crippen LogP contribution in [0.25, 0.3) is 0 Å². The molecule has 1 aromatic carbocycles. The summed E-state index contributed by atoms with van der Waals surface area (Å²) < 4.78 is 12.7. The lowest BCUT2D eigenvalue weighted by atomic mass is 10.1. The molecule has 0 N–H and O–H groups in total. The number of amides is 1. The highest BCUT2D eigenvalue weighted by atomic mass is 16.5. The van der Waals surface area contributed by atoms with Crippen LogP contribution in [0.3, 0.4) is 0 Å². The van der Waals surface area contributed by atoms with Gasteiger partial charge in [0, 0.05) is 51.2 Å². The highest BCUT2D eigenvalue weighted by molar-refractivity contribution is 5.79. The summed E-state index contributed by atoms with van der Waals surface area (Å²) in [6, 6.07) is 7.72. The summed E-state index contributed by atoms with van der Waals surface area (Å²) in [4.78, 5) is 19.3. The number of rotatable bonds is 8. The van der Waals surface area contributed by atoms with E-state index in [9.17, 15) is 4.79 Å². The minimum atomic E-state index is 0.167. The molecule has 0 saturated carbocycles. The minimum absolute atomic E-state index is 0.167. The zero-order valence-corrected chi connectivity index (χ0v) is 16.5. The molecular formula is C21H29N3O3. The number of aryl methyl sites for hydroxylation is 1.